The van der Waals surface area contributed by atoms with Gasteiger partial charge >= 0.3 is 0 Å². The number of sulfonamides is 1. The second-order valence-corrected chi connectivity index (χ2v) is 8.08. The number of nitrogens with one attached hydrogen (secondary N) is 1. The van der Waals surface area contributed by atoms with E-state index in [0.717, 1.165) is 16.2 Å². The van der Waals surface area contributed by atoms with Crippen LogP contribution in [0.1, 0.15) is 19.4 Å². The van der Waals surface area contributed by atoms with E-state index in [9.17, 15) is 22.4 Å². The van der Waals surface area contributed by atoms with E-state index >= 15 is 0 Å². The summed E-state index contributed by atoms with van der Waals surface area (Å²) in [5, 5.41) is 2.67. The van der Waals surface area contributed by atoms with Crippen LogP contribution in [0.4, 0.5) is 4.39 Å². The second kappa shape index (κ2) is 9.61. The fraction of sp³-hybridized carbons (Fsp3) is 0.368. The van der Waals surface area contributed by atoms with Crippen LogP contribution >= 0.6 is 0 Å². The first-order valence-electron chi connectivity index (χ1n) is 8.99. The third kappa shape index (κ3) is 5.49. The first-order valence-corrected chi connectivity index (χ1v) is 10.4. The summed E-state index contributed by atoms with van der Waals surface area (Å²) in [6, 6.07) is 8.35. The van der Waals surface area contributed by atoms with Gasteiger partial charge in [0, 0.05) is 31.9 Å². The average Bonchev–Trinajstić information content (AvgIpc) is 2.66. The van der Waals surface area contributed by atoms with E-state index < -0.39 is 21.5 Å². The highest BCUT2D eigenvalue weighted by atomic mass is 32.2. The van der Waals surface area contributed by atoms with E-state index in [4.69, 9.17) is 0 Å². The molecule has 0 radical (unpaired) electrons. The lowest BCUT2D eigenvalue weighted by molar-refractivity contribution is -0.121. The predicted octanol–water partition coefficient (Wildman–Crippen LogP) is 1.38. The number of amides is 1. The Kier molecular flexibility index (Phi) is 7.47. The summed E-state index contributed by atoms with van der Waals surface area (Å²) >= 11 is 0. The van der Waals surface area contributed by atoms with Crippen molar-refractivity contribution in [3.05, 3.63) is 64.3 Å². The Morgan fingerprint density at radius 3 is 2.36 bits per heavy atom. The maximum atomic E-state index is 12.9. The van der Waals surface area contributed by atoms with Crippen LogP contribution in [0.25, 0.3) is 0 Å². The Bertz CT molecular complexity index is 967. The van der Waals surface area contributed by atoms with Gasteiger partial charge in [0.05, 0.1) is 4.90 Å². The number of halogens is 1. The molecule has 0 fully saturated rings. The van der Waals surface area contributed by atoms with Gasteiger partial charge in [0.15, 0.2) is 0 Å². The Morgan fingerprint density at radius 1 is 1.11 bits per heavy atom. The van der Waals surface area contributed by atoms with E-state index in [0.29, 0.717) is 26.1 Å². The average molecular weight is 409 g/mol. The third-order valence-electron chi connectivity index (χ3n) is 4.26. The molecule has 0 atom stereocenters. The molecule has 0 unspecified atom stereocenters. The van der Waals surface area contributed by atoms with Crippen LogP contribution < -0.4 is 10.9 Å². The molecule has 1 N–H and O–H groups in total. The quantitative estimate of drug-likeness (QED) is 0.678. The van der Waals surface area contributed by atoms with Crippen LogP contribution in [-0.2, 0) is 27.8 Å². The number of rotatable bonds is 9. The SMILES string of the molecule is CCN(CC)S(=O)(=O)c1ccc(=O)n(CC(=O)NCCc2ccc(F)cc2)c1. The lowest BCUT2D eigenvalue weighted by Crippen LogP contribution is -2.35. The molecule has 2 rings (SSSR count). The van der Waals surface area contributed by atoms with Gasteiger partial charge in [-0.3, -0.25) is 9.59 Å². The molecule has 0 saturated carbocycles. The zero-order valence-corrected chi connectivity index (χ0v) is 16.7. The fourth-order valence-corrected chi connectivity index (χ4v) is 4.18. The summed E-state index contributed by atoms with van der Waals surface area (Å²) in [5.74, 6) is -0.742. The second-order valence-electron chi connectivity index (χ2n) is 6.15. The Balaban J connectivity index is 2.03. The molecule has 152 valence electrons. The van der Waals surface area contributed by atoms with E-state index in [1.807, 2.05) is 0 Å². The summed E-state index contributed by atoms with van der Waals surface area (Å²) in [7, 11) is -3.72. The summed E-state index contributed by atoms with van der Waals surface area (Å²) in [4.78, 5) is 24.1. The standard InChI is InChI=1S/C19H24FN3O4S/c1-3-23(4-2)28(26,27)17-9-10-19(25)22(13-17)14-18(24)21-12-11-15-5-7-16(20)8-6-15/h5-10,13H,3-4,11-12,14H2,1-2H3,(H,21,24). The molecular formula is C19H24FN3O4S. The molecule has 0 aliphatic rings. The van der Waals surface area contributed by atoms with Crippen molar-refractivity contribution in [2.75, 3.05) is 19.6 Å². The Morgan fingerprint density at radius 2 is 1.75 bits per heavy atom. The molecule has 0 spiro atoms. The van der Waals surface area contributed by atoms with Crippen LogP contribution in [0.5, 0.6) is 0 Å². The summed E-state index contributed by atoms with van der Waals surface area (Å²) in [6.07, 6.45) is 1.70. The summed E-state index contributed by atoms with van der Waals surface area (Å²) in [6.45, 7) is 4.10. The van der Waals surface area contributed by atoms with Gasteiger partial charge in [0.25, 0.3) is 5.56 Å². The lowest BCUT2D eigenvalue weighted by atomic mass is 10.1. The highest BCUT2D eigenvalue weighted by molar-refractivity contribution is 7.89. The largest absolute Gasteiger partial charge is 0.354 e. The van der Waals surface area contributed by atoms with Crippen molar-refractivity contribution in [2.45, 2.75) is 31.7 Å². The molecule has 2 aromatic rings. The van der Waals surface area contributed by atoms with Gasteiger partial charge in [-0.15, -0.1) is 0 Å². The van der Waals surface area contributed by atoms with Crippen molar-refractivity contribution in [3.63, 3.8) is 0 Å². The monoisotopic (exact) mass is 409 g/mol. The molecule has 0 bridgehead atoms. The Labute approximate surface area is 163 Å². The van der Waals surface area contributed by atoms with Crippen LogP contribution in [-0.4, -0.2) is 42.8 Å². The molecule has 9 heteroatoms. The maximum Gasteiger partial charge on any atom is 0.251 e. The van der Waals surface area contributed by atoms with Gasteiger partial charge in [0.2, 0.25) is 15.9 Å². The van der Waals surface area contributed by atoms with Crippen LogP contribution in [0.3, 0.4) is 0 Å². The van der Waals surface area contributed by atoms with Crippen molar-refractivity contribution in [2.24, 2.45) is 0 Å². The number of carbonyl (C=O) groups is 1. The topological polar surface area (TPSA) is 88.5 Å². The molecule has 1 heterocycles. The van der Waals surface area contributed by atoms with E-state index in [-0.39, 0.29) is 17.3 Å². The minimum atomic E-state index is -3.72. The number of hydrogen-bond acceptors (Lipinski definition) is 4. The lowest BCUT2D eigenvalue weighted by Gasteiger charge is -2.19. The number of nitrogens with zero attached hydrogens (tertiary/aromatic N) is 2. The van der Waals surface area contributed by atoms with Crippen molar-refractivity contribution in [3.8, 4) is 0 Å². The number of pyridine rings is 1. The molecule has 1 aromatic heterocycles. The smallest absolute Gasteiger partial charge is 0.251 e. The maximum absolute atomic E-state index is 12.9. The van der Waals surface area contributed by atoms with Crippen LogP contribution in [0.2, 0.25) is 0 Å². The van der Waals surface area contributed by atoms with E-state index in [1.165, 1.54) is 28.7 Å². The van der Waals surface area contributed by atoms with Crippen molar-refractivity contribution in [1.29, 1.82) is 0 Å². The normalized spacial score (nSPS) is 11.6. The van der Waals surface area contributed by atoms with Gasteiger partial charge in [-0.2, -0.15) is 4.31 Å². The van der Waals surface area contributed by atoms with Gasteiger partial charge in [-0.05, 0) is 30.2 Å². The molecule has 28 heavy (non-hydrogen) atoms. The van der Waals surface area contributed by atoms with Crippen molar-refractivity contribution >= 4 is 15.9 Å². The fourth-order valence-electron chi connectivity index (χ4n) is 2.71. The molecule has 7 nitrogen and oxygen atoms in total. The number of benzene rings is 1. The third-order valence-corrected chi connectivity index (χ3v) is 6.30. The molecule has 1 amide bonds. The molecular weight excluding hydrogens is 385 g/mol. The van der Waals surface area contributed by atoms with Crippen LogP contribution in [0.15, 0.2) is 52.3 Å². The Hall–Kier alpha value is -2.52. The van der Waals surface area contributed by atoms with E-state index in [2.05, 4.69) is 5.32 Å². The summed E-state index contributed by atoms with van der Waals surface area (Å²) < 4.78 is 40.4. The van der Waals surface area contributed by atoms with Gasteiger partial charge in [0.1, 0.15) is 12.4 Å². The van der Waals surface area contributed by atoms with Crippen LogP contribution in [0, 0.1) is 5.82 Å². The minimum absolute atomic E-state index is 0.0325. The first-order chi connectivity index (χ1) is 13.3. The number of aromatic nitrogens is 1. The first kappa shape index (κ1) is 21.8. The molecule has 0 saturated heterocycles. The van der Waals surface area contributed by atoms with Crippen molar-refractivity contribution < 1.29 is 17.6 Å². The molecule has 0 aliphatic carbocycles. The highest BCUT2D eigenvalue weighted by Gasteiger charge is 2.22. The zero-order valence-electron chi connectivity index (χ0n) is 15.9. The number of carbonyl (C=O) groups excluding carboxylic acids is 1. The highest BCUT2D eigenvalue weighted by Crippen LogP contribution is 2.13. The van der Waals surface area contributed by atoms with Crippen molar-refractivity contribution in [1.82, 2.24) is 14.2 Å². The minimum Gasteiger partial charge on any atom is -0.354 e. The molecule has 1 aromatic carbocycles. The van der Waals surface area contributed by atoms with Gasteiger partial charge in [-0.1, -0.05) is 26.0 Å². The summed E-state index contributed by atoms with van der Waals surface area (Å²) in [5.41, 5.74) is 0.401. The number of hydrogen-bond donors (Lipinski definition) is 1. The zero-order chi connectivity index (χ0) is 20.7. The van der Waals surface area contributed by atoms with E-state index in [1.54, 1.807) is 26.0 Å². The van der Waals surface area contributed by atoms with Gasteiger partial charge < -0.3 is 9.88 Å². The van der Waals surface area contributed by atoms with Gasteiger partial charge in [-0.25, -0.2) is 12.8 Å². The molecule has 0 aliphatic heterocycles. The predicted molar refractivity (Wildman–Crippen MR) is 104 cm³/mol.